The zero-order valence-electron chi connectivity index (χ0n) is 16.7. The van der Waals surface area contributed by atoms with Crippen molar-refractivity contribution in [3.05, 3.63) is 90.0 Å². The molecule has 0 saturated heterocycles. The Hall–Kier alpha value is -3.17. The van der Waals surface area contributed by atoms with Gasteiger partial charge in [-0.2, -0.15) is 8.78 Å². The lowest BCUT2D eigenvalue weighted by Gasteiger charge is -2.20. The van der Waals surface area contributed by atoms with Gasteiger partial charge in [0.1, 0.15) is 0 Å². The van der Waals surface area contributed by atoms with E-state index in [2.05, 4.69) is 4.98 Å². The zero-order chi connectivity index (χ0) is 22.7. The molecule has 3 aromatic carbocycles. The van der Waals surface area contributed by atoms with E-state index in [1.54, 1.807) is 0 Å². The highest BCUT2D eigenvalue weighted by Gasteiger charge is 2.27. The van der Waals surface area contributed by atoms with Crippen LogP contribution < -0.4 is 4.90 Å². The van der Waals surface area contributed by atoms with Crippen LogP contribution in [-0.4, -0.2) is 31.6 Å². The summed E-state index contributed by atoms with van der Waals surface area (Å²) in [5, 5.41) is 0.511. The number of hydrogen-bond acceptors (Lipinski definition) is 5. The molecule has 0 bridgehead atoms. The number of halogens is 2. The second-order valence-corrected chi connectivity index (χ2v) is 9.91. The van der Waals surface area contributed by atoms with Crippen LogP contribution >= 0.6 is 11.3 Å². The van der Waals surface area contributed by atoms with Crippen LogP contribution in [0.1, 0.15) is 15.9 Å². The fourth-order valence-corrected chi connectivity index (χ4v) is 4.90. The summed E-state index contributed by atoms with van der Waals surface area (Å²) in [5.41, 5.74) is 2.00. The van der Waals surface area contributed by atoms with Crippen LogP contribution in [-0.2, 0) is 16.3 Å². The molecule has 4 aromatic rings. The molecule has 32 heavy (non-hydrogen) atoms. The van der Waals surface area contributed by atoms with Crippen molar-refractivity contribution >= 4 is 42.4 Å². The number of thiazole rings is 1. The average Bonchev–Trinajstić information content (AvgIpc) is 3.23. The van der Waals surface area contributed by atoms with Crippen molar-refractivity contribution in [2.75, 3.05) is 11.4 Å². The highest BCUT2D eigenvalue weighted by atomic mass is 32.2. The predicted octanol–water partition coefficient (Wildman–Crippen LogP) is 5.18. The molecule has 1 amide bonds. The average molecular weight is 473 g/mol. The molecular weight excluding hydrogens is 454 g/mol. The lowest BCUT2D eigenvalue weighted by Crippen LogP contribution is -2.33. The Morgan fingerprint density at radius 3 is 2.25 bits per heavy atom. The summed E-state index contributed by atoms with van der Waals surface area (Å²) in [4.78, 5) is 18.9. The van der Waals surface area contributed by atoms with Gasteiger partial charge >= 0.3 is 5.76 Å². The van der Waals surface area contributed by atoms with Crippen molar-refractivity contribution in [2.45, 2.75) is 17.1 Å². The van der Waals surface area contributed by atoms with Gasteiger partial charge in [0.2, 0.25) is 9.84 Å². The van der Waals surface area contributed by atoms with Gasteiger partial charge in [-0.3, -0.25) is 9.69 Å². The van der Waals surface area contributed by atoms with E-state index < -0.39 is 20.5 Å². The lowest BCUT2D eigenvalue weighted by molar-refractivity contribution is 0.0987. The maximum absolute atomic E-state index is 13.3. The number of anilines is 1. The van der Waals surface area contributed by atoms with Gasteiger partial charge < -0.3 is 0 Å². The first-order valence-corrected chi connectivity index (χ1v) is 12.1. The molecule has 1 aromatic heterocycles. The van der Waals surface area contributed by atoms with Crippen LogP contribution in [0.3, 0.4) is 0 Å². The molecule has 0 aliphatic heterocycles. The normalized spacial score (nSPS) is 11.7. The van der Waals surface area contributed by atoms with Crippen molar-refractivity contribution in [1.82, 2.24) is 4.98 Å². The molecule has 0 radical (unpaired) electrons. The molecule has 5 nitrogen and oxygen atoms in total. The Morgan fingerprint density at radius 1 is 0.938 bits per heavy atom. The van der Waals surface area contributed by atoms with Crippen LogP contribution in [0.2, 0.25) is 0 Å². The Kier molecular flexibility index (Phi) is 6.29. The molecule has 0 aliphatic carbocycles. The number of fused-ring (bicyclic) bond motifs is 1. The first-order valence-electron chi connectivity index (χ1n) is 9.70. The minimum absolute atomic E-state index is 0.186. The second kappa shape index (κ2) is 9.13. The summed E-state index contributed by atoms with van der Waals surface area (Å²) in [7, 11) is -4.72. The fraction of sp³-hybridized carbons (Fsp3) is 0.130. The Labute approximate surface area is 187 Å². The number of carbonyl (C=O) groups excluding carboxylic acids is 1. The molecule has 0 fully saturated rings. The largest absolute Gasteiger partial charge is 0.341 e. The minimum atomic E-state index is -4.72. The van der Waals surface area contributed by atoms with Crippen LogP contribution in [0.5, 0.6) is 0 Å². The molecule has 1 heterocycles. The highest BCUT2D eigenvalue weighted by molar-refractivity contribution is 7.91. The van der Waals surface area contributed by atoms with Gasteiger partial charge in [-0.1, -0.05) is 53.8 Å². The molecule has 0 aliphatic rings. The lowest BCUT2D eigenvalue weighted by atomic mass is 10.1. The van der Waals surface area contributed by atoms with Crippen LogP contribution in [0.15, 0.2) is 83.8 Å². The number of alkyl halides is 2. The monoisotopic (exact) mass is 472 g/mol. The maximum atomic E-state index is 13.3. The summed E-state index contributed by atoms with van der Waals surface area (Å²) < 4.78 is 49.9. The van der Waals surface area contributed by atoms with Gasteiger partial charge in [0.05, 0.1) is 15.1 Å². The third-order valence-corrected chi connectivity index (χ3v) is 7.35. The first kappa shape index (κ1) is 22.0. The first-order chi connectivity index (χ1) is 15.4. The second-order valence-electron chi connectivity index (χ2n) is 6.99. The van der Waals surface area contributed by atoms with Gasteiger partial charge in [0.25, 0.3) is 5.91 Å². The quantitative estimate of drug-likeness (QED) is 0.372. The van der Waals surface area contributed by atoms with Crippen LogP contribution in [0, 0.1) is 0 Å². The summed E-state index contributed by atoms with van der Waals surface area (Å²) in [5.74, 6) is -3.91. The minimum Gasteiger partial charge on any atom is -0.284 e. The molecule has 0 atom stereocenters. The molecule has 0 spiro atoms. The molecule has 0 N–H and O–H groups in total. The van der Waals surface area contributed by atoms with Crippen LogP contribution in [0.4, 0.5) is 13.9 Å². The number of sulfone groups is 1. The van der Waals surface area contributed by atoms with Crippen molar-refractivity contribution in [2.24, 2.45) is 0 Å². The molecule has 9 heteroatoms. The van der Waals surface area contributed by atoms with Gasteiger partial charge in [-0.15, -0.1) is 0 Å². The van der Waals surface area contributed by atoms with E-state index >= 15 is 0 Å². The molecule has 4 rings (SSSR count). The number of benzene rings is 3. The maximum Gasteiger partial charge on any atom is 0.341 e. The van der Waals surface area contributed by atoms with E-state index in [1.165, 1.54) is 28.4 Å². The summed E-state index contributed by atoms with van der Waals surface area (Å²) in [6.45, 7) is 0.347. The molecule has 0 saturated carbocycles. The summed E-state index contributed by atoms with van der Waals surface area (Å²) in [6.07, 6.45) is 0.584. The van der Waals surface area contributed by atoms with Gasteiger partial charge in [-0.05, 0) is 48.4 Å². The fourth-order valence-electron chi connectivity index (χ4n) is 3.19. The smallest absolute Gasteiger partial charge is 0.284 e. The number of aromatic nitrogens is 1. The third-order valence-electron chi connectivity index (χ3n) is 4.89. The summed E-state index contributed by atoms with van der Waals surface area (Å²) >= 11 is 1.37. The van der Waals surface area contributed by atoms with Crippen molar-refractivity contribution in [3.8, 4) is 0 Å². The topological polar surface area (TPSA) is 67.3 Å². The number of para-hydroxylation sites is 1. The van der Waals surface area contributed by atoms with Crippen molar-refractivity contribution < 1.29 is 22.0 Å². The molecule has 0 unspecified atom stereocenters. The van der Waals surface area contributed by atoms with Crippen LogP contribution in [0.25, 0.3) is 10.2 Å². The van der Waals surface area contributed by atoms with Gasteiger partial charge in [-0.25, -0.2) is 13.4 Å². The number of carbonyl (C=O) groups is 1. The van der Waals surface area contributed by atoms with Crippen molar-refractivity contribution in [1.29, 1.82) is 0 Å². The van der Waals surface area contributed by atoms with E-state index in [9.17, 15) is 22.0 Å². The SMILES string of the molecule is O=C(c1ccc(S(=O)(=O)C(F)F)cc1)N(CCc1ccccc1)c1nc2ccccc2s1. The number of hydrogen-bond donors (Lipinski definition) is 0. The predicted molar refractivity (Wildman–Crippen MR) is 121 cm³/mol. The van der Waals surface area contributed by atoms with E-state index in [1.807, 2.05) is 54.6 Å². The Balaban J connectivity index is 1.66. The molecular formula is C23H18F2N2O3S2. The van der Waals surface area contributed by atoms with E-state index in [0.717, 1.165) is 27.9 Å². The standard InChI is InChI=1S/C23H18F2N2O3S2/c24-22(25)32(29,30)18-12-10-17(11-13-18)21(28)27(15-14-16-6-2-1-3-7-16)23-26-19-8-4-5-9-20(19)31-23/h1-13,22H,14-15H2. The van der Waals surface area contributed by atoms with E-state index in [4.69, 9.17) is 0 Å². The highest BCUT2D eigenvalue weighted by Crippen LogP contribution is 2.30. The number of nitrogens with zero attached hydrogens (tertiary/aromatic N) is 2. The van der Waals surface area contributed by atoms with Gasteiger partial charge in [0.15, 0.2) is 5.13 Å². The third kappa shape index (κ3) is 4.53. The molecule has 164 valence electrons. The van der Waals surface area contributed by atoms with Gasteiger partial charge in [0, 0.05) is 12.1 Å². The summed E-state index contributed by atoms with van der Waals surface area (Å²) in [6, 6.07) is 21.8. The van der Waals surface area contributed by atoms with E-state index in [0.29, 0.717) is 18.1 Å². The Bertz CT molecular complexity index is 1310. The Morgan fingerprint density at radius 2 is 1.59 bits per heavy atom. The zero-order valence-corrected chi connectivity index (χ0v) is 18.3. The number of rotatable bonds is 7. The number of amides is 1. The van der Waals surface area contributed by atoms with Crippen molar-refractivity contribution in [3.63, 3.8) is 0 Å². The van der Waals surface area contributed by atoms with E-state index in [-0.39, 0.29) is 11.5 Å².